The molecule has 2 aliphatic rings. The van der Waals surface area contributed by atoms with E-state index in [0.717, 1.165) is 63.8 Å². The molecule has 0 unspecified atom stereocenters. The van der Waals surface area contributed by atoms with Crippen molar-refractivity contribution in [2.75, 3.05) is 64.4 Å². The summed E-state index contributed by atoms with van der Waals surface area (Å²) in [6.07, 6.45) is 3.84. The molecule has 0 spiro atoms. The van der Waals surface area contributed by atoms with E-state index in [1.165, 1.54) is 0 Å². The maximum atomic E-state index is 12.6. The second-order valence-corrected chi connectivity index (χ2v) is 7.97. The van der Waals surface area contributed by atoms with Gasteiger partial charge in [-0.3, -0.25) is 0 Å². The Kier molecular flexibility index (Phi) is 7.44. The first kappa shape index (κ1) is 20.8. The third kappa shape index (κ3) is 5.54. The highest BCUT2D eigenvalue weighted by Crippen LogP contribution is 2.16. The zero-order valence-corrected chi connectivity index (χ0v) is 17.4. The van der Waals surface area contributed by atoms with Gasteiger partial charge in [0.1, 0.15) is 0 Å². The third-order valence-corrected chi connectivity index (χ3v) is 5.63. The molecule has 2 amide bonds. The molecule has 0 radical (unpaired) electrons. The minimum atomic E-state index is 0.0619. The van der Waals surface area contributed by atoms with Crippen molar-refractivity contribution in [1.29, 1.82) is 0 Å². The molecular weight excluding hydrogens is 356 g/mol. The van der Waals surface area contributed by atoms with E-state index in [-0.39, 0.29) is 12.1 Å². The molecule has 0 bridgehead atoms. The van der Waals surface area contributed by atoms with Crippen LogP contribution < -0.4 is 10.2 Å². The van der Waals surface area contributed by atoms with Gasteiger partial charge in [-0.2, -0.15) is 0 Å². The monoisotopic (exact) mass is 390 g/mol. The SMILES string of the molecule is COCCN1CCC(NC(=O)N2CCN(c3nccc(C(C)C)n3)CC2)CC1. The molecule has 3 rings (SSSR count). The third-order valence-electron chi connectivity index (χ3n) is 5.63. The number of aromatic nitrogens is 2. The van der Waals surface area contributed by atoms with E-state index in [1.807, 2.05) is 17.2 Å². The lowest BCUT2D eigenvalue weighted by molar-refractivity contribution is 0.124. The van der Waals surface area contributed by atoms with Gasteiger partial charge < -0.3 is 24.8 Å². The van der Waals surface area contributed by atoms with Crippen molar-refractivity contribution in [1.82, 2.24) is 25.1 Å². The number of hydrogen-bond acceptors (Lipinski definition) is 6. The van der Waals surface area contributed by atoms with Crippen LogP contribution in [0.5, 0.6) is 0 Å². The Balaban J connectivity index is 1.42. The van der Waals surface area contributed by atoms with Crippen molar-refractivity contribution in [2.24, 2.45) is 0 Å². The number of piperidine rings is 1. The van der Waals surface area contributed by atoms with Gasteiger partial charge in [0.15, 0.2) is 0 Å². The van der Waals surface area contributed by atoms with E-state index < -0.39 is 0 Å². The number of nitrogens with one attached hydrogen (secondary N) is 1. The molecule has 156 valence electrons. The molecule has 0 atom stereocenters. The normalized spacial score (nSPS) is 19.3. The second-order valence-electron chi connectivity index (χ2n) is 7.97. The van der Waals surface area contributed by atoms with Crippen LogP contribution in [-0.2, 0) is 4.74 Å². The van der Waals surface area contributed by atoms with Gasteiger partial charge in [-0.1, -0.05) is 13.8 Å². The lowest BCUT2D eigenvalue weighted by Crippen LogP contribution is -2.55. The van der Waals surface area contributed by atoms with Crippen molar-refractivity contribution in [3.05, 3.63) is 18.0 Å². The zero-order chi connectivity index (χ0) is 19.9. The summed E-state index contributed by atoms with van der Waals surface area (Å²) in [7, 11) is 1.74. The number of urea groups is 1. The summed E-state index contributed by atoms with van der Waals surface area (Å²) in [4.78, 5) is 28.2. The number of rotatable bonds is 6. The number of amides is 2. The van der Waals surface area contributed by atoms with Crippen molar-refractivity contribution in [2.45, 2.75) is 38.6 Å². The first-order chi connectivity index (χ1) is 13.6. The number of methoxy groups -OCH3 is 1. The standard InChI is InChI=1S/C20H34N6O2/c1-16(2)18-4-7-21-19(23-18)25-10-12-26(13-11-25)20(27)22-17-5-8-24(9-6-17)14-15-28-3/h4,7,16-17H,5-6,8-15H2,1-3H3,(H,22,27). The maximum Gasteiger partial charge on any atom is 0.317 e. The fraction of sp³-hybridized carbons (Fsp3) is 0.750. The molecule has 2 fully saturated rings. The van der Waals surface area contributed by atoms with Gasteiger partial charge in [-0.25, -0.2) is 14.8 Å². The number of nitrogens with zero attached hydrogens (tertiary/aromatic N) is 5. The molecule has 0 aliphatic carbocycles. The molecular formula is C20H34N6O2. The van der Waals surface area contributed by atoms with E-state index in [9.17, 15) is 4.79 Å². The van der Waals surface area contributed by atoms with Crippen LogP contribution in [0.25, 0.3) is 0 Å². The van der Waals surface area contributed by atoms with Gasteiger partial charge in [-0.15, -0.1) is 0 Å². The van der Waals surface area contributed by atoms with Crippen LogP contribution in [-0.4, -0.2) is 91.4 Å². The Labute approximate surface area is 168 Å². The van der Waals surface area contributed by atoms with Gasteiger partial charge in [-0.05, 0) is 24.8 Å². The summed E-state index contributed by atoms with van der Waals surface area (Å²) in [5.41, 5.74) is 1.06. The van der Waals surface area contributed by atoms with Gasteiger partial charge in [0.2, 0.25) is 5.95 Å². The Bertz CT molecular complexity index is 625. The molecule has 1 aromatic heterocycles. The minimum Gasteiger partial charge on any atom is -0.383 e. The fourth-order valence-corrected chi connectivity index (χ4v) is 3.73. The summed E-state index contributed by atoms with van der Waals surface area (Å²) in [5.74, 6) is 1.16. The van der Waals surface area contributed by atoms with Crippen LogP contribution in [0.1, 0.15) is 38.3 Å². The predicted molar refractivity (Wildman–Crippen MR) is 110 cm³/mol. The number of carbonyl (C=O) groups is 1. The van der Waals surface area contributed by atoms with Crippen LogP contribution in [0.3, 0.4) is 0 Å². The maximum absolute atomic E-state index is 12.6. The minimum absolute atomic E-state index is 0.0619. The predicted octanol–water partition coefficient (Wildman–Crippen LogP) is 1.54. The Hall–Kier alpha value is -1.93. The molecule has 2 aliphatic heterocycles. The van der Waals surface area contributed by atoms with Gasteiger partial charge in [0.25, 0.3) is 0 Å². The zero-order valence-electron chi connectivity index (χ0n) is 17.4. The average molecular weight is 391 g/mol. The Morgan fingerprint density at radius 2 is 1.93 bits per heavy atom. The van der Waals surface area contributed by atoms with Gasteiger partial charge >= 0.3 is 6.03 Å². The van der Waals surface area contributed by atoms with E-state index in [0.29, 0.717) is 19.0 Å². The Morgan fingerprint density at radius 3 is 2.57 bits per heavy atom. The largest absolute Gasteiger partial charge is 0.383 e. The van der Waals surface area contributed by atoms with Crippen LogP contribution in [0.2, 0.25) is 0 Å². The van der Waals surface area contributed by atoms with Crippen molar-refractivity contribution < 1.29 is 9.53 Å². The highest BCUT2D eigenvalue weighted by Gasteiger charge is 2.26. The first-order valence-corrected chi connectivity index (χ1v) is 10.4. The number of piperazine rings is 1. The van der Waals surface area contributed by atoms with E-state index in [4.69, 9.17) is 4.74 Å². The second kappa shape index (κ2) is 10.0. The topological polar surface area (TPSA) is 73.8 Å². The van der Waals surface area contributed by atoms with E-state index in [1.54, 1.807) is 7.11 Å². The number of hydrogen-bond donors (Lipinski definition) is 1. The summed E-state index contributed by atoms with van der Waals surface area (Å²) in [6.45, 7) is 11.0. The fourth-order valence-electron chi connectivity index (χ4n) is 3.73. The molecule has 1 N–H and O–H groups in total. The quantitative estimate of drug-likeness (QED) is 0.794. The highest BCUT2D eigenvalue weighted by atomic mass is 16.5. The van der Waals surface area contributed by atoms with Crippen LogP contribution >= 0.6 is 0 Å². The van der Waals surface area contributed by atoms with Crippen molar-refractivity contribution >= 4 is 12.0 Å². The summed E-state index contributed by atoms with van der Waals surface area (Å²) < 4.78 is 5.14. The molecule has 8 nitrogen and oxygen atoms in total. The van der Waals surface area contributed by atoms with Crippen LogP contribution in [0, 0.1) is 0 Å². The van der Waals surface area contributed by atoms with Gasteiger partial charge in [0, 0.05) is 70.9 Å². The van der Waals surface area contributed by atoms with Crippen LogP contribution in [0.15, 0.2) is 12.3 Å². The highest BCUT2D eigenvalue weighted by molar-refractivity contribution is 5.74. The number of anilines is 1. The summed E-state index contributed by atoms with van der Waals surface area (Å²) in [5, 5.41) is 3.22. The first-order valence-electron chi connectivity index (χ1n) is 10.4. The van der Waals surface area contributed by atoms with Crippen molar-refractivity contribution in [3.8, 4) is 0 Å². The Morgan fingerprint density at radius 1 is 1.21 bits per heavy atom. The van der Waals surface area contributed by atoms with E-state index in [2.05, 4.69) is 38.9 Å². The number of ether oxygens (including phenoxy) is 1. The number of carbonyl (C=O) groups excluding carboxylic acids is 1. The van der Waals surface area contributed by atoms with E-state index >= 15 is 0 Å². The molecule has 0 aromatic carbocycles. The van der Waals surface area contributed by atoms with Crippen LogP contribution in [0.4, 0.5) is 10.7 Å². The molecule has 1 aromatic rings. The molecule has 28 heavy (non-hydrogen) atoms. The molecule has 8 heteroatoms. The number of likely N-dealkylation sites (tertiary alicyclic amines) is 1. The molecule has 0 saturated carbocycles. The lowest BCUT2D eigenvalue weighted by Gasteiger charge is -2.37. The summed E-state index contributed by atoms with van der Waals surface area (Å²) >= 11 is 0. The van der Waals surface area contributed by atoms with Crippen molar-refractivity contribution in [3.63, 3.8) is 0 Å². The summed E-state index contributed by atoms with van der Waals surface area (Å²) in [6, 6.07) is 2.31. The smallest absolute Gasteiger partial charge is 0.317 e. The lowest BCUT2D eigenvalue weighted by atomic mass is 10.1. The molecule has 2 saturated heterocycles. The average Bonchev–Trinajstić information content (AvgIpc) is 2.73. The molecule has 3 heterocycles. The van der Waals surface area contributed by atoms with Gasteiger partial charge in [0.05, 0.1) is 6.61 Å².